The molecule has 2 N–H and O–H groups in total. The maximum atomic E-state index is 9.43. The molecule has 0 spiro atoms. The summed E-state index contributed by atoms with van der Waals surface area (Å²) in [5, 5.41) is 18.9. The van der Waals surface area contributed by atoms with Crippen LogP contribution in [-0.4, -0.2) is 17.4 Å². The van der Waals surface area contributed by atoms with Crippen LogP contribution in [0.1, 0.15) is 16.7 Å². The number of hydrogen-bond acceptors (Lipinski definition) is 3. The van der Waals surface area contributed by atoms with Gasteiger partial charge in [0, 0.05) is 11.1 Å². The second-order valence-corrected chi connectivity index (χ2v) is 5.25. The molecule has 3 aromatic rings. The SMILES string of the molecule is OB(O)OC(=C(c1ccccc1)c1ccccc1)c1ccccc1. The van der Waals surface area contributed by atoms with Crippen molar-refractivity contribution in [2.24, 2.45) is 0 Å². The molecule has 4 heteroatoms. The maximum Gasteiger partial charge on any atom is 0.707 e. The predicted molar refractivity (Wildman–Crippen MR) is 96.5 cm³/mol. The minimum absolute atomic E-state index is 0.419. The van der Waals surface area contributed by atoms with Gasteiger partial charge in [-0.05, 0) is 11.1 Å². The van der Waals surface area contributed by atoms with Crippen molar-refractivity contribution >= 4 is 18.7 Å². The Hall–Kier alpha value is -2.82. The van der Waals surface area contributed by atoms with Crippen LogP contribution < -0.4 is 0 Å². The van der Waals surface area contributed by atoms with Crippen molar-refractivity contribution in [1.82, 2.24) is 0 Å². The average molecular weight is 316 g/mol. The van der Waals surface area contributed by atoms with Gasteiger partial charge in [0.1, 0.15) is 5.76 Å². The summed E-state index contributed by atoms with van der Waals surface area (Å²) in [7, 11) is -1.90. The molecule has 3 rings (SSSR count). The quantitative estimate of drug-likeness (QED) is 0.430. The zero-order valence-electron chi connectivity index (χ0n) is 13.0. The van der Waals surface area contributed by atoms with Gasteiger partial charge >= 0.3 is 7.32 Å². The van der Waals surface area contributed by atoms with Gasteiger partial charge in [-0.2, -0.15) is 0 Å². The van der Waals surface area contributed by atoms with Crippen LogP contribution in [0.5, 0.6) is 0 Å². The van der Waals surface area contributed by atoms with Crippen molar-refractivity contribution in [3.05, 3.63) is 108 Å². The molecule has 24 heavy (non-hydrogen) atoms. The van der Waals surface area contributed by atoms with Crippen LogP contribution in [0.2, 0.25) is 0 Å². The second-order valence-electron chi connectivity index (χ2n) is 5.25. The lowest BCUT2D eigenvalue weighted by molar-refractivity contribution is 0.271. The topological polar surface area (TPSA) is 49.7 Å². The molecule has 0 unspecified atom stereocenters. The third kappa shape index (κ3) is 3.74. The fourth-order valence-corrected chi connectivity index (χ4v) is 2.60. The van der Waals surface area contributed by atoms with E-state index in [9.17, 15) is 10.0 Å². The highest BCUT2D eigenvalue weighted by atomic mass is 16.6. The van der Waals surface area contributed by atoms with Gasteiger partial charge in [-0.3, -0.25) is 0 Å². The summed E-state index contributed by atoms with van der Waals surface area (Å²) >= 11 is 0. The Morgan fingerprint density at radius 3 is 1.33 bits per heavy atom. The summed E-state index contributed by atoms with van der Waals surface area (Å²) in [4.78, 5) is 0. The highest BCUT2D eigenvalue weighted by molar-refractivity contribution is 6.34. The van der Waals surface area contributed by atoms with Gasteiger partial charge in [0.25, 0.3) is 0 Å². The zero-order valence-corrected chi connectivity index (χ0v) is 13.0. The molecule has 0 radical (unpaired) electrons. The van der Waals surface area contributed by atoms with E-state index in [1.807, 2.05) is 91.0 Å². The van der Waals surface area contributed by atoms with Crippen LogP contribution in [0, 0.1) is 0 Å². The van der Waals surface area contributed by atoms with E-state index in [-0.39, 0.29) is 0 Å². The molecular weight excluding hydrogens is 299 g/mol. The van der Waals surface area contributed by atoms with Crippen molar-refractivity contribution in [2.45, 2.75) is 0 Å². The molecule has 0 aliphatic rings. The van der Waals surface area contributed by atoms with E-state index in [1.165, 1.54) is 0 Å². The van der Waals surface area contributed by atoms with E-state index in [0.717, 1.165) is 22.3 Å². The highest BCUT2D eigenvalue weighted by Gasteiger charge is 2.20. The Kier molecular flexibility index (Phi) is 5.11. The predicted octanol–water partition coefficient (Wildman–Crippen LogP) is 3.59. The molecule has 0 aliphatic carbocycles. The molecule has 0 saturated carbocycles. The molecule has 0 fully saturated rings. The van der Waals surface area contributed by atoms with Crippen LogP contribution in [0.15, 0.2) is 91.0 Å². The Morgan fingerprint density at radius 1 is 0.583 bits per heavy atom. The average Bonchev–Trinajstić information content (AvgIpc) is 2.63. The second kappa shape index (κ2) is 7.64. The summed E-state index contributed by atoms with van der Waals surface area (Å²) in [5.74, 6) is 0.419. The standard InChI is InChI=1S/C20H17BO3/c22-21(23)24-20(18-14-8-3-9-15-18)19(16-10-4-1-5-11-16)17-12-6-2-7-13-17/h1-15,22-23H. The van der Waals surface area contributed by atoms with Gasteiger partial charge in [0.2, 0.25) is 0 Å². The minimum atomic E-state index is -1.90. The Bertz CT molecular complexity index is 759. The molecule has 0 aliphatic heterocycles. The zero-order chi connectivity index (χ0) is 16.8. The molecule has 0 aromatic heterocycles. The van der Waals surface area contributed by atoms with Crippen molar-refractivity contribution in [3.63, 3.8) is 0 Å². The molecule has 0 atom stereocenters. The summed E-state index contributed by atoms with van der Waals surface area (Å²) in [6.07, 6.45) is 0. The third-order valence-corrected chi connectivity index (χ3v) is 3.61. The minimum Gasteiger partial charge on any atom is -0.511 e. The fraction of sp³-hybridized carbons (Fsp3) is 0. The summed E-state index contributed by atoms with van der Waals surface area (Å²) in [6, 6.07) is 29.0. The number of rotatable bonds is 5. The maximum absolute atomic E-state index is 9.43. The first-order valence-electron chi connectivity index (χ1n) is 7.69. The monoisotopic (exact) mass is 316 g/mol. The van der Waals surface area contributed by atoms with E-state index < -0.39 is 7.32 Å². The first kappa shape index (κ1) is 16.1. The lowest BCUT2D eigenvalue weighted by Gasteiger charge is -2.18. The molecule has 0 bridgehead atoms. The Labute approximate surface area is 141 Å². The van der Waals surface area contributed by atoms with E-state index in [2.05, 4.69) is 0 Å². The molecular formula is C20H17BO3. The van der Waals surface area contributed by atoms with Gasteiger partial charge < -0.3 is 14.7 Å². The third-order valence-electron chi connectivity index (χ3n) is 3.61. The number of benzene rings is 3. The van der Waals surface area contributed by atoms with Crippen LogP contribution in [-0.2, 0) is 4.65 Å². The van der Waals surface area contributed by atoms with Crippen LogP contribution in [0.4, 0.5) is 0 Å². The molecule has 3 nitrogen and oxygen atoms in total. The molecule has 0 heterocycles. The van der Waals surface area contributed by atoms with Gasteiger partial charge in [-0.1, -0.05) is 91.0 Å². The Balaban J connectivity index is 2.28. The van der Waals surface area contributed by atoms with Crippen molar-refractivity contribution < 1.29 is 14.7 Å². The highest BCUT2D eigenvalue weighted by Crippen LogP contribution is 2.33. The van der Waals surface area contributed by atoms with Crippen molar-refractivity contribution in [3.8, 4) is 0 Å². The van der Waals surface area contributed by atoms with Gasteiger partial charge in [0.05, 0.1) is 0 Å². The molecule has 0 amide bonds. The van der Waals surface area contributed by atoms with Gasteiger partial charge in [0.15, 0.2) is 0 Å². The van der Waals surface area contributed by atoms with E-state index in [0.29, 0.717) is 5.76 Å². The summed E-state index contributed by atoms with van der Waals surface area (Å²) in [6.45, 7) is 0. The van der Waals surface area contributed by atoms with Crippen LogP contribution in [0.25, 0.3) is 11.3 Å². The van der Waals surface area contributed by atoms with Gasteiger partial charge in [-0.15, -0.1) is 0 Å². The van der Waals surface area contributed by atoms with Gasteiger partial charge in [-0.25, -0.2) is 0 Å². The molecule has 0 saturated heterocycles. The first-order valence-corrected chi connectivity index (χ1v) is 7.69. The molecule has 118 valence electrons. The first-order chi connectivity index (χ1) is 11.8. The van der Waals surface area contributed by atoms with E-state index >= 15 is 0 Å². The lowest BCUT2D eigenvalue weighted by Crippen LogP contribution is -2.17. The summed E-state index contributed by atoms with van der Waals surface area (Å²) in [5.41, 5.74) is 3.44. The normalized spacial score (nSPS) is 10.1. The number of hydrogen-bond donors (Lipinski definition) is 2. The van der Waals surface area contributed by atoms with E-state index in [4.69, 9.17) is 4.65 Å². The smallest absolute Gasteiger partial charge is 0.511 e. The van der Waals surface area contributed by atoms with Crippen LogP contribution in [0.3, 0.4) is 0 Å². The largest absolute Gasteiger partial charge is 0.707 e. The van der Waals surface area contributed by atoms with E-state index in [1.54, 1.807) is 0 Å². The molecule has 3 aromatic carbocycles. The Morgan fingerprint density at radius 2 is 0.958 bits per heavy atom. The summed E-state index contributed by atoms with van der Waals surface area (Å²) < 4.78 is 5.40. The van der Waals surface area contributed by atoms with Crippen molar-refractivity contribution in [1.29, 1.82) is 0 Å². The lowest BCUT2D eigenvalue weighted by atomic mass is 9.93. The fourth-order valence-electron chi connectivity index (χ4n) is 2.60. The van der Waals surface area contributed by atoms with Crippen molar-refractivity contribution in [2.75, 3.05) is 0 Å². The van der Waals surface area contributed by atoms with Crippen LogP contribution >= 0.6 is 0 Å².